The maximum absolute atomic E-state index is 12.2. The topological polar surface area (TPSA) is 104 Å². The van der Waals surface area contributed by atoms with Crippen LogP contribution < -0.4 is 5.32 Å². The highest BCUT2D eigenvalue weighted by Crippen LogP contribution is 2.34. The SMILES string of the molecule is CC[C@H](C)[C@H](NC(=O)C[C@H]1CCC(=O)[C@H]1C/C=C/CCO)C(=O)O. The van der Waals surface area contributed by atoms with Crippen molar-refractivity contribution >= 4 is 17.7 Å². The number of carbonyl (C=O) groups excluding carboxylic acids is 2. The average Bonchev–Trinajstić information content (AvgIpc) is 2.88. The Hall–Kier alpha value is -1.69. The van der Waals surface area contributed by atoms with Gasteiger partial charge in [-0.15, -0.1) is 0 Å². The number of nitrogens with one attached hydrogen (secondary N) is 1. The van der Waals surface area contributed by atoms with Gasteiger partial charge in [-0.2, -0.15) is 0 Å². The van der Waals surface area contributed by atoms with Crippen molar-refractivity contribution in [3.05, 3.63) is 12.2 Å². The largest absolute Gasteiger partial charge is 0.480 e. The van der Waals surface area contributed by atoms with Crippen LogP contribution in [0.2, 0.25) is 0 Å². The number of hydrogen-bond acceptors (Lipinski definition) is 4. The number of aliphatic hydroxyl groups is 1. The Bertz CT molecular complexity index is 474. The number of allylic oxidation sites excluding steroid dienone is 1. The predicted octanol–water partition coefficient (Wildman–Crippen LogP) is 1.92. The highest BCUT2D eigenvalue weighted by atomic mass is 16.4. The molecule has 0 aromatic carbocycles. The van der Waals surface area contributed by atoms with Crippen LogP contribution in [0.5, 0.6) is 0 Å². The average molecular weight is 339 g/mol. The Morgan fingerprint density at radius 1 is 1.38 bits per heavy atom. The molecule has 6 nitrogen and oxygen atoms in total. The fourth-order valence-corrected chi connectivity index (χ4v) is 3.13. The molecule has 0 spiro atoms. The van der Waals surface area contributed by atoms with E-state index in [9.17, 15) is 19.5 Å². The Morgan fingerprint density at radius 2 is 2.08 bits per heavy atom. The van der Waals surface area contributed by atoms with Crippen molar-refractivity contribution in [2.75, 3.05) is 6.61 Å². The lowest BCUT2D eigenvalue weighted by Gasteiger charge is -2.22. The molecule has 0 aromatic heterocycles. The second-order valence-corrected chi connectivity index (χ2v) is 6.56. The molecule has 1 saturated carbocycles. The van der Waals surface area contributed by atoms with E-state index in [0.717, 1.165) is 0 Å². The summed E-state index contributed by atoms with van der Waals surface area (Å²) in [6.45, 7) is 3.76. The number of carboxylic acids is 1. The molecular weight excluding hydrogens is 310 g/mol. The van der Waals surface area contributed by atoms with E-state index in [4.69, 9.17) is 5.11 Å². The van der Waals surface area contributed by atoms with Gasteiger partial charge in [-0.1, -0.05) is 32.4 Å². The molecule has 4 atom stereocenters. The van der Waals surface area contributed by atoms with Gasteiger partial charge in [-0.05, 0) is 31.1 Å². The zero-order chi connectivity index (χ0) is 18.1. The van der Waals surface area contributed by atoms with Crippen LogP contribution in [0.3, 0.4) is 0 Å². The highest BCUT2D eigenvalue weighted by molar-refractivity contribution is 5.87. The third-order valence-electron chi connectivity index (χ3n) is 4.84. The maximum Gasteiger partial charge on any atom is 0.326 e. The smallest absolute Gasteiger partial charge is 0.326 e. The van der Waals surface area contributed by atoms with E-state index in [1.54, 1.807) is 6.92 Å². The molecule has 136 valence electrons. The summed E-state index contributed by atoms with van der Waals surface area (Å²) in [4.78, 5) is 35.5. The highest BCUT2D eigenvalue weighted by Gasteiger charge is 2.35. The summed E-state index contributed by atoms with van der Waals surface area (Å²) in [5.74, 6) is -1.53. The minimum Gasteiger partial charge on any atom is -0.480 e. The second kappa shape index (κ2) is 10.2. The van der Waals surface area contributed by atoms with E-state index in [1.807, 2.05) is 19.1 Å². The second-order valence-electron chi connectivity index (χ2n) is 6.56. The third-order valence-corrected chi connectivity index (χ3v) is 4.84. The number of ketones is 1. The first-order chi connectivity index (χ1) is 11.4. The fraction of sp³-hybridized carbons (Fsp3) is 0.722. The van der Waals surface area contributed by atoms with E-state index < -0.39 is 12.0 Å². The number of aliphatic carboxylic acids is 1. The number of amides is 1. The van der Waals surface area contributed by atoms with Crippen molar-refractivity contribution in [1.29, 1.82) is 0 Å². The van der Waals surface area contributed by atoms with Gasteiger partial charge < -0.3 is 15.5 Å². The Balaban J connectivity index is 2.60. The molecule has 24 heavy (non-hydrogen) atoms. The summed E-state index contributed by atoms with van der Waals surface area (Å²) in [5, 5.41) is 20.6. The molecule has 0 radical (unpaired) electrons. The van der Waals surface area contributed by atoms with E-state index in [2.05, 4.69) is 5.32 Å². The molecule has 6 heteroatoms. The van der Waals surface area contributed by atoms with Crippen molar-refractivity contribution in [3.63, 3.8) is 0 Å². The first-order valence-electron chi connectivity index (χ1n) is 8.71. The lowest BCUT2D eigenvalue weighted by Crippen LogP contribution is -2.45. The molecule has 0 aromatic rings. The van der Waals surface area contributed by atoms with E-state index in [0.29, 0.717) is 32.1 Å². The number of rotatable bonds is 10. The van der Waals surface area contributed by atoms with Gasteiger partial charge in [0.25, 0.3) is 0 Å². The monoisotopic (exact) mass is 339 g/mol. The third kappa shape index (κ3) is 6.07. The van der Waals surface area contributed by atoms with E-state index >= 15 is 0 Å². The van der Waals surface area contributed by atoms with Gasteiger partial charge in [0.2, 0.25) is 5.91 Å². The molecule has 1 aliphatic rings. The van der Waals surface area contributed by atoms with Gasteiger partial charge in [0.1, 0.15) is 11.8 Å². The number of carbonyl (C=O) groups is 3. The standard InChI is InChI=1S/C18H29NO5/c1-3-12(2)17(18(23)24)19-16(22)11-13-8-9-15(21)14(13)7-5-4-6-10-20/h4-5,12-14,17,20H,3,6-11H2,1-2H3,(H,19,22)(H,23,24)/b5-4+/t12-,13+,14-,17-/m0/s1. The van der Waals surface area contributed by atoms with Crippen molar-refractivity contribution in [1.82, 2.24) is 5.32 Å². The van der Waals surface area contributed by atoms with Crippen molar-refractivity contribution in [2.24, 2.45) is 17.8 Å². The zero-order valence-electron chi connectivity index (χ0n) is 14.5. The molecule has 0 bridgehead atoms. The number of hydrogen-bond donors (Lipinski definition) is 3. The molecule has 1 aliphatic carbocycles. The normalized spacial score (nSPS) is 23.4. The molecule has 1 rings (SSSR count). The Labute approximate surface area is 143 Å². The van der Waals surface area contributed by atoms with Crippen molar-refractivity contribution < 1.29 is 24.6 Å². The van der Waals surface area contributed by atoms with E-state index in [1.165, 1.54) is 0 Å². The number of carboxylic acid groups (broad SMARTS) is 1. The van der Waals surface area contributed by atoms with Crippen LogP contribution in [0.4, 0.5) is 0 Å². The van der Waals surface area contributed by atoms with Crippen LogP contribution in [-0.4, -0.2) is 40.5 Å². The predicted molar refractivity (Wildman–Crippen MR) is 90.3 cm³/mol. The minimum absolute atomic E-state index is 0.0392. The molecule has 0 unspecified atom stereocenters. The summed E-state index contributed by atoms with van der Waals surface area (Å²) in [6, 6.07) is -0.887. The quantitative estimate of drug-likeness (QED) is 0.528. The Morgan fingerprint density at radius 3 is 2.67 bits per heavy atom. The molecule has 0 saturated heterocycles. The van der Waals surface area contributed by atoms with Crippen LogP contribution >= 0.6 is 0 Å². The lowest BCUT2D eigenvalue weighted by atomic mass is 9.89. The summed E-state index contributed by atoms with van der Waals surface area (Å²) in [6.07, 6.45) is 6.85. The van der Waals surface area contributed by atoms with Gasteiger partial charge in [0, 0.05) is 25.4 Å². The zero-order valence-corrected chi connectivity index (χ0v) is 14.5. The molecule has 1 fully saturated rings. The van der Waals surface area contributed by atoms with Crippen LogP contribution in [0.25, 0.3) is 0 Å². The molecule has 0 aliphatic heterocycles. The molecule has 3 N–H and O–H groups in total. The molecular formula is C18H29NO5. The van der Waals surface area contributed by atoms with Crippen LogP contribution in [0.1, 0.15) is 52.4 Å². The first kappa shape index (κ1) is 20.4. The van der Waals surface area contributed by atoms with Gasteiger partial charge in [0.05, 0.1) is 0 Å². The summed E-state index contributed by atoms with van der Waals surface area (Å²) >= 11 is 0. The maximum atomic E-state index is 12.2. The van der Waals surface area contributed by atoms with Gasteiger partial charge in [-0.25, -0.2) is 4.79 Å². The summed E-state index contributed by atoms with van der Waals surface area (Å²) in [5.41, 5.74) is 0. The van der Waals surface area contributed by atoms with Crippen molar-refractivity contribution in [3.8, 4) is 0 Å². The van der Waals surface area contributed by atoms with Gasteiger partial charge in [0.15, 0.2) is 0 Å². The van der Waals surface area contributed by atoms with Crippen LogP contribution in [0.15, 0.2) is 12.2 Å². The first-order valence-corrected chi connectivity index (χ1v) is 8.71. The van der Waals surface area contributed by atoms with Gasteiger partial charge in [-0.3, -0.25) is 9.59 Å². The molecule has 0 heterocycles. The van der Waals surface area contributed by atoms with Crippen LogP contribution in [0, 0.1) is 17.8 Å². The number of Topliss-reactive ketones (excluding diaryl/α,β-unsaturated/α-hetero) is 1. The molecule has 1 amide bonds. The van der Waals surface area contributed by atoms with Gasteiger partial charge >= 0.3 is 5.97 Å². The summed E-state index contributed by atoms with van der Waals surface area (Å²) < 4.78 is 0. The minimum atomic E-state index is -1.02. The lowest BCUT2D eigenvalue weighted by molar-refractivity contribution is -0.143. The number of aliphatic hydroxyl groups excluding tert-OH is 1. The fourth-order valence-electron chi connectivity index (χ4n) is 3.13. The summed E-state index contributed by atoms with van der Waals surface area (Å²) in [7, 11) is 0. The van der Waals surface area contributed by atoms with E-state index in [-0.39, 0.29) is 42.5 Å². The Kier molecular flexibility index (Phi) is 8.68. The van der Waals surface area contributed by atoms with Crippen molar-refractivity contribution in [2.45, 2.75) is 58.4 Å². The van der Waals surface area contributed by atoms with Crippen LogP contribution in [-0.2, 0) is 14.4 Å².